The van der Waals surface area contributed by atoms with Crippen LogP contribution >= 0.6 is 11.3 Å². The van der Waals surface area contributed by atoms with E-state index in [1.165, 1.54) is 11.3 Å². The summed E-state index contributed by atoms with van der Waals surface area (Å²) < 4.78 is 5.39. The number of carbonyl (C=O) groups is 2. The molecule has 4 rings (SSSR count). The van der Waals surface area contributed by atoms with Crippen molar-refractivity contribution in [1.29, 1.82) is 0 Å². The zero-order chi connectivity index (χ0) is 17.4. The maximum absolute atomic E-state index is 12.2. The van der Waals surface area contributed by atoms with Crippen LogP contribution in [0.1, 0.15) is 23.2 Å². The highest BCUT2D eigenvalue weighted by molar-refractivity contribution is 7.13. The fraction of sp³-hybridized carbons (Fsp3) is 0.176. The van der Waals surface area contributed by atoms with Gasteiger partial charge in [0.25, 0.3) is 0 Å². The summed E-state index contributed by atoms with van der Waals surface area (Å²) in [4.78, 5) is 28.3. The molecule has 1 aliphatic rings. The second-order valence-corrected chi connectivity index (χ2v) is 6.64. The summed E-state index contributed by atoms with van der Waals surface area (Å²) in [5, 5.41) is 9.30. The van der Waals surface area contributed by atoms with Crippen molar-refractivity contribution in [1.82, 2.24) is 10.1 Å². The fourth-order valence-electron chi connectivity index (χ4n) is 2.59. The van der Waals surface area contributed by atoms with Crippen LogP contribution in [-0.2, 0) is 4.79 Å². The molecule has 1 aliphatic carbocycles. The normalized spacial score (nSPS) is 13.6. The van der Waals surface area contributed by atoms with Gasteiger partial charge >= 0.3 is 0 Å². The number of nitrogens with zero attached hydrogens (tertiary/aromatic N) is 2. The molecule has 2 aromatic heterocycles. The quantitative estimate of drug-likeness (QED) is 0.732. The Hall–Kier alpha value is -3.00. The number of nitrogens with one attached hydrogen (secondary N) is 1. The Balaban J connectivity index is 1.87. The maximum Gasteiger partial charge on any atom is 0.249 e. The molecule has 8 heteroatoms. The molecule has 0 spiro atoms. The van der Waals surface area contributed by atoms with Gasteiger partial charge in [0.2, 0.25) is 17.7 Å². The molecule has 3 N–H and O–H groups in total. The van der Waals surface area contributed by atoms with Crippen LogP contribution in [0, 0.1) is 5.92 Å². The number of hydrogen-bond donors (Lipinski definition) is 2. The standard InChI is InChI=1S/C17H14N4O3S/c18-14(22)11-4-2-1-3-10(11)12-13(17-19-7-8-25-17)21-24-16(12)20-15(23)9-5-6-9/h1-4,7-9H,5-6H2,(H2,18,22)(H,20,23). The number of amides is 2. The van der Waals surface area contributed by atoms with Gasteiger partial charge in [-0.2, -0.15) is 0 Å². The summed E-state index contributed by atoms with van der Waals surface area (Å²) in [6.45, 7) is 0. The van der Waals surface area contributed by atoms with Crippen LogP contribution < -0.4 is 11.1 Å². The summed E-state index contributed by atoms with van der Waals surface area (Å²) >= 11 is 1.39. The Bertz CT molecular complexity index is 945. The Morgan fingerprint density at radius 3 is 2.76 bits per heavy atom. The molecule has 0 saturated heterocycles. The number of benzene rings is 1. The molecule has 1 fully saturated rings. The van der Waals surface area contributed by atoms with Gasteiger partial charge in [-0.1, -0.05) is 23.4 Å². The van der Waals surface area contributed by atoms with Crippen molar-refractivity contribution < 1.29 is 14.1 Å². The van der Waals surface area contributed by atoms with E-state index in [2.05, 4.69) is 15.5 Å². The highest BCUT2D eigenvalue weighted by Crippen LogP contribution is 2.41. The second-order valence-electron chi connectivity index (χ2n) is 5.75. The Morgan fingerprint density at radius 1 is 1.28 bits per heavy atom. The van der Waals surface area contributed by atoms with E-state index in [4.69, 9.17) is 10.3 Å². The van der Waals surface area contributed by atoms with E-state index in [1.807, 2.05) is 5.38 Å². The van der Waals surface area contributed by atoms with E-state index in [0.717, 1.165) is 12.8 Å². The number of anilines is 1. The van der Waals surface area contributed by atoms with E-state index in [1.54, 1.807) is 30.5 Å². The molecule has 25 heavy (non-hydrogen) atoms. The first-order valence-corrected chi connectivity index (χ1v) is 8.62. The lowest BCUT2D eigenvalue weighted by Crippen LogP contribution is -2.15. The number of nitrogens with two attached hydrogens (primary N) is 1. The number of rotatable bonds is 5. The molecule has 0 atom stereocenters. The summed E-state index contributed by atoms with van der Waals surface area (Å²) in [6, 6.07) is 6.88. The van der Waals surface area contributed by atoms with E-state index < -0.39 is 5.91 Å². The third-order valence-corrected chi connectivity index (χ3v) is 4.75. The first-order valence-electron chi connectivity index (χ1n) is 7.74. The predicted molar refractivity (Wildman–Crippen MR) is 92.9 cm³/mol. The van der Waals surface area contributed by atoms with Gasteiger partial charge < -0.3 is 10.3 Å². The Labute approximate surface area is 146 Å². The maximum atomic E-state index is 12.2. The summed E-state index contributed by atoms with van der Waals surface area (Å²) in [7, 11) is 0. The molecule has 0 radical (unpaired) electrons. The van der Waals surface area contributed by atoms with Gasteiger partial charge in [-0.15, -0.1) is 11.3 Å². The fourth-order valence-corrected chi connectivity index (χ4v) is 3.21. The SMILES string of the molecule is NC(=O)c1ccccc1-c1c(-c2nccs2)noc1NC(=O)C1CC1. The summed E-state index contributed by atoms with van der Waals surface area (Å²) in [5.41, 5.74) is 7.36. The molecule has 2 heterocycles. The molecule has 1 aromatic carbocycles. The van der Waals surface area contributed by atoms with Crippen molar-refractivity contribution in [3.8, 4) is 21.8 Å². The molecule has 1 saturated carbocycles. The number of thiazole rings is 1. The predicted octanol–water partition coefficient (Wildman–Crippen LogP) is 2.91. The lowest BCUT2D eigenvalue weighted by molar-refractivity contribution is -0.117. The van der Waals surface area contributed by atoms with Crippen LogP contribution in [0.3, 0.4) is 0 Å². The molecule has 3 aromatic rings. The van der Waals surface area contributed by atoms with Crippen LogP contribution in [0.25, 0.3) is 21.8 Å². The van der Waals surface area contributed by atoms with E-state index in [0.29, 0.717) is 27.4 Å². The van der Waals surface area contributed by atoms with Gasteiger partial charge in [0.1, 0.15) is 5.01 Å². The minimum atomic E-state index is -0.568. The highest BCUT2D eigenvalue weighted by Gasteiger charge is 2.32. The third-order valence-electron chi connectivity index (χ3n) is 3.97. The molecule has 2 amide bonds. The first kappa shape index (κ1) is 15.5. The molecule has 7 nitrogen and oxygen atoms in total. The third kappa shape index (κ3) is 2.91. The van der Waals surface area contributed by atoms with Gasteiger partial charge in [0.05, 0.1) is 5.56 Å². The molecular weight excluding hydrogens is 340 g/mol. The van der Waals surface area contributed by atoms with Gasteiger partial charge in [-0.05, 0) is 18.9 Å². The van der Waals surface area contributed by atoms with Crippen molar-refractivity contribution in [2.75, 3.05) is 5.32 Å². The zero-order valence-corrected chi connectivity index (χ0v) is 13.9. The van der Waals surface area contributed by atoms with Crippen LogP contribution in [0.15, 0.2) is 40.4 Å². The van der Waals surface area contributed by atoms with Gasteiger partial charge in [0, 0.05) is 28.6 Å². The molecule has 0 aliphatic heterocycles. The first-order chi connectivity index (χ1) is 12.1. The Kier molecular flexibility index (Phi) is 3.81. The highest BCUT2D eigenvalue weighted by atomic mass is 32.1. The van der Waals surface area contributed by atoms with Crippen LogP contribution in [0.2, 0.25) is 0 Å². The van der Waals surface area contributed by atoms with Crippen molar-refractivity contribution in [3.63, 3.8) is 0 Å². The number of primary amides is 1. The number of carbonyl (C=O) groups excluding carboxylic acids is 2. The molecule has 0 bridgehead atoms. The largest absolute Gasteiger partial charge is 0.366 e. The zero-order valence-electron chi connectivity index (χ0n) is 13.1. The average molecular weight is 354 g/mol. The average Bonchev–Trinajstić information content (AvgIpc) is 3.17. The minimum Gasteiger partial charge on any atom is -0.366 e. The summed E-state index contributed by atoms with van der Waals surface area (Å²) in [6.07, 6.45) is 3.39. The van der Waals surface area contributed by atoms with Crippen molar-refractivity contribution in [3.05, 3.63) is 41.4 Å². The van der Waals surface area contributed by atoms with E-state index >= 15 is 0 Å². The number of hydrogen-bond acceptors (Lipinski definition) is 6. The second kappa shape index (κ2) is 6.14. The monoisotopic (exact) mass is 354 g/mol. The molecule has 0 unspecified atom stereocenters. The van der Waals surface area contributed by atoms with Gasteiger partial charge in [0.15, 0.2) is 5.69 Å². The smallest absolute Gasteiger partial charge is 0.249 e. The van der Waals surface area contributed by atoms with Crippen LogP contribution in [-0.4, -0.2) is 22.0 Å². The molecular formula is C17H14N4O3S. The van der Waals surface area contributed by atoms with Crippen molar-refractivity contribution >= 4 is 29.0 Å². The minimum absolute atomic E-state index is 0.00708. The van der Waals surface area contributed by atoms with Gasteiger partial charge in [-0.3, -0.25) is 14.9 Å². The van der Waals surface area contributed by atoms with Crippen molar-refractivity contribution in [2.24, 2.45) is 11.7 Å². The Morgan fingerprint density at radius 2 is 2.08 bits per heavy atom. The molecule has 126 valence electrons. The van der Waals surface area contributed by atoms with E-state index in [-0.39, 0.29) is 17.7 Å². The lowest BCUT2D eigenvalue weighted by Gasteiger charge is -2.08. The van der Waals surface area contributed by atoms with Crippen molar-refractivity contribution in [2.45, 2.75) is 12.8 Å². The van der Waals surface area contributed by atoms with Crippen LogP contribution in [0.4, 0.5) is 5.88 Å². The number of aromatic nitrogens is 2. The van der Waals surface area contributed by atoms with Gasteiger partial charge in [-0.25, -0.2) is 4.98 Å². The van der Waals surface area contributed by atoms with E-state index in [9.17, 15) is 9.59 Å². The topological polar surface area (TPSA) is 111 Å². The van der Waals surface area contributed by atoms with Crippen LogP contribution in [0.5, 0.6) is 0 Å². The summed E-state index contributed by atoms with van der Waals surface area (Å²) in [5.74, 6) is -0.468. The lowest BCUT2D eigenvalue weighted by atomic mass is 9.99.